The zero-order valence-electron chi connectivity index (χ0n) is 20.6. The van der Waals surface area contributed by atoms with Gasteiger partial charge in [0.25, 0.3) is 0 Å². The molecule has 4 heteroatoms. The van der Waals surface area contributed by atoms with Gasteiger partial charge in [0.15, 0.2) is 0 Å². The van der Waals surface area contributed by atoms with E-state index >= 15 is 0 Å². The second-order valence-electron chi connectivity index (χ2n) is 9.25. The molecule has 0 aliphatic heterocycles. The van der Waals surface area contributed by atoms with Gasteiger partial charge in [-0.05, 0) is 0 Å². The molecule has 0 amide bonds. The zero-order chi connectivity index (χ0) is 23.2. The Morgan fingerprint density at radius 3 is 1.91 bits per heavy atom. The molecule has 1 unspecified atom stereocenters. The van der Waals surface area contributed by atoms with Crippen molar-refractivity contribution in [3.05, 3.63) is 87.5 Å². The summed E-state index contributed by atoms with van der Waals surface area (Å²) in [5.74, 6) is 1.69. The maximum absolute atomic E-state index is 5.59. The number of fused-ring (bicyclic) bond motifs is 1. The minimum absolute atomic E-state index is 0.387. The van der Waals surface area contributed by atoms with Crippen LogP contribution in [0, 0.1) is 0 Å². The van der Waals surface area contributed by atoms with Gasteiger partial charge in [-0.3, -0.25) is 0 Å². The van der Waals surface area contributed by atoms with E-state index in [2.05, 4.69) is 83.3 Å². The van der Waals surface area contributed by atoms with Gasteiger partial charge < -0.3 is 0 Å². The van der Waals surface area contributed by atoms with Gasteiger partial charge in [0.05, 0.1) is 0 Å². The summed E-state index contributed by atoms with van der Waals surface area (Å²) in [6.07, 6.45) is 2.62. The first-order valence-electron chi connectivity index (χ1n) is 11.3. The molecule has 0 spiro atoms. The fourth-order valence-corrected chi connectivity index (χ4v) is 26.0. The quantitative estimate of drug-likeness (QED) is 0.379. The van der Waals surface area contributed by atoms with Crippen molar-refractivity contribution in [1.29, 1.82) is 0 Å². The second-order valence-corrected chi connectivity index (χ2v) is 27.2. The van der Waals surface area contributed by atoms with Crippen molar-refractivity contribution in [3.8, 4) is 11.5 Å². The van der Waals surface area contributed by atoms with Gasteiger partial charge in [-0.2, -0.15) is 0 Å². The Balaban J connectivity index is 1.91. The van der Waals surface area contributed by atoms with Gasteiger partial charge in [0.2, 0.25) is 0 Å². The van der Waals surface area contributed by atoms with Crippen molar-refractivity contribution in [2.45, 2.75) is 48.0 Å². The molecule has 0 saturated heterocycles. The average Bonchev–Trinajstić information content (AvgIpc) is 3.26. The molecule has 0 saturated carbocycles. The number of hydrogen-bond donors (Lipinski definition) is 0. The predicted octanol–water partition coefficient (Wildman–Crippen LogP) is 7.53. The van der Waals surface area contributed by atoms with Gasteiger partial charge in [0, 0.05) is 0 Å². The van der Waals surface area contributed by atoms with E-state index in [9.17, 15) is 0 Å². The molecular weight excluding hydrogens is 488 g/mol. The third-order valence-electron chi connectivity index (χ3n) is 7.42. The van der Waals surface area contributed by atoms with Gasteiger partial charge in [-0.25, -0.2) is 0 Å². The Bertz CT molecular complexity index is 1170. The summed E-state index contributed by atoms with van der Waals surface area (Å²) in [5, 5.41) is 0. The van der Waals surface area contributed by atoms with Crippen LogP contribution in [0.15, 0.2) is 70.8 Å². The molecular formula is C28H34O2SiZr. The molecule has 0 N–H and O–H groups in total. The van der Waals surface area contributed by atoms with Crippen molar-refractivity contribution in [2.24, 2.45) is 0 Å². The Labute approximate surface area is 201 Å². The van der Waals surface area contributed by atoms with Crippen LogP contribution in [0.5, 0.6) is 11.5 Å². The van der Waals surface area contributed by atoms with Crippen LogP contribution in [0.3, 0.4) is 0 Å². The molecule has 4 rings (SSSR count). The fraction of sp³-hybridized carbons (Fsp3) is 0.357. The SMILES string of the molecule is COc1cc(OC)cc(C2=C[CH]([Zr]([CH]3C(C)=C(C)C(C)=C3C)=[Si](C)C)c3ccccc32)c1. The standard InChI is InChI=1S/C17H15O2.C9H13.C2H6Si.Zr/c1-18-14-9-13(10-15(11-14)19-2)17-8-7-12-5-3-4-6-16(12)17;1-6-5-7(2)9(4)8(6)3;1-3-2;/h3-11H,1-2H3;5H,1-4H3;1-2H3;. The number of methoxy groups -OCH3 is 2. The zero-order valence-corrected chi connectivity index (χ0v) is 24.0. The molecule has 0 aromatic heterocycles. The predicted molar refractivity (Wildman–Crippen MR) is 134 cm³/mol. The van der Waals surface area contributed by atoms with E-state index in [1.807, 2.05) is 6.07 Å². The maximum atomic E-state index is 5.59. The van der Waals surface area contributed by atoms with Crippen LogP contribution in [0.1, 0.15) is 48.0 Å². The second kappa shape index (κ2) is 9.31. The molecule has 0 heterocycles. The van der Waals surface area contributed by atoms with Crippen LogP contribution in [-0.2, 0) is 20.4 Å². The van der Waals surface area contributed by atoms with Crippen LogP contribution in [0.4, 0.5) is 0 Å². The van der Waals surface area contributed by atoms with Gasteiger partial charge in [0.1, 0.15) is 0 Å². The molecule has 2 nitrogen and oxygen atoms in total. The van der Waals surface area contributed by atoms with Crippen LogP contribution in [0.25, 0.3) is 5.57 Å². The third kappa shape index (κ3) is 3.94. The minimum atomic E-state index is -1.95. The Kier molecular flexibility index (Phi) is 6.84. The van der Waals surface area contributed by atoms with Gasteiger partial charge in [-0.15, -0.1) is 0 Å². The molecule has 0 bridgehead atoms. The summed E-state index contributed by atoms with van der Waals surface area (Å²) in [4.78, 5) is 0. The summed E-state index contributed by atoms with van der Waals surface area (Å²) in [6, 6.07) is 15.4. The monoisotopic (exact) mass is 520 g/mol. The molecule has 0 fully saturated rings. The number of rotatable bonds is 5. The summed E-state index contributed by atoms with van der Waals surface area (Å²) in [7, 11) is 3.45. The first kappa shape index (κ1) is 23.5. The number of hydrogen-bond acceptors (Lipinski definition) is 2. The number of ether oxygens (including phenoxy) is 2. The van der Waals surface area contributed by atoms with Crippen LogP contribution < -0.4 is 9.47 Å². The van der Waals surface area contributed by atoms with Crippen molar-refractivity contribution in [1.82, 2.24) is 0 Å². The van der Waals surface area contributed by atoms with E-state index in [0.29, 0.717) is 3.63 Å². The van der Waals surface area contributed by atoms with Crippen molar-refractivity contribution in [2.75, 3.05) is 14.2 Å². The Morgan fingerprint density at radius 2 is 1.38 bits per heavy atom. The molecule has 166 valence electrons. The van der Waals surface area contributed by atoms with Crippen molar-refractivity contribution < 1.29 is 29.8 Å². The van der Waals surface area contributed by atoms with Gasteiger partial charge in [-0.1, -0.05) is 0 Å². The van der Waals surface area contributed by atoms with Crippen LogP contribution in [-0.4, -0.2) is 19.7 Å². The van der Waals surface area contributed by atoms with E-state index in [0.717, 1.165) is 15.1 Å². The van der Waals surface area contributed by atoms with Crippen molar-refractivity contribution >= 4 is 11.0 Å². The first-order chi connectivity index (χ1) is 15.3. The molecule has 2 aliphatic rings. The molecule has 2 aromatic rings. The molecule has 32 heavy (non-hydrogen) atoms. The van der Waals surface area contributed by atoms with Crippen LogP contribution >= 0.6 is 0 Å². The van der Waals surface area contributed by atoms with E-state index in [1.165, 1.54) is 16.7 Å². The summed E-state index contributed by atoms with van der Waals surface area (Å²) < 4.78 is 12.5. The molecule has 2 aromatic carbocycles. The Morgan fingerprint density at radius 1 is 0.812 bits per heavy atom. The van der Waals surface area contributed by atoms with Crippen molar-refractivity contribution in [3.63, 3.8) is 0 Å². The van der Waals surface area contributed by atoms with Crippen LogP contribution in [0.2, 0.25) is 16.7 Å². The number of allylic oxidation sites excluding steroid dienone is 5. The van der Waals surface area contributed by atoms with E-state index < -0.39 is 20.4 Å². The van der Waals surface area contributed by atoms with Gasteiger partial charge >= 0.3 is 202 Å². The molecule has 0 radical (unpaired) electrons. The first-order valence-corrected chi connectivity index (χ1v) is 20.4. The third-order valence-corrected chi connectivity index (χ3v) is 27.1. The Hall–Kier alpha value is -1.64. The van der Waals surface area contributed by atoms with E-state index in [-0.39, 0.29) is 5.43 Å². The normalized spacial score (nSPS) is 18.1. The molecule has 1 atom stereocenters. The fourth-order valence-electron chi connectivity index (χ4n) is 5.43. The topological polar surface area (TPSA) is 18.5 Å². The number of benzene rings is 2. The van der Waals surface area contributed by atoms with E-state index in [1.54, 1.807) is 42.1 Å². The summed E-state index contributed by atoms with van der Waals surface area (Å²) in [5.41, 5.74) is 11.5. The van der Waals surface area contributed by atoms with E-state index in [4.69, 9.17) is 9.47 Å². The molecule has 2 aliphatic carbocycles. The summed E-state index contributed by atoms with van der Waals surface area (Å²) in [6.45, 7) is 14.6. The average molecular weight is 522 g/mol. The summed E-state index contributed by atoms with van der Waals surface area (Å²) >= 11 is -1.95.